The van der Waals surface area contributed by atoms with Gasteiger partial charge in [0, 0.05) is 36.5 Å². The molecule has 1 unspecified atom stereocenters. The van der Waals surface area contributed by atoms with E-state index in [1.54, 1.807) is 42.3 Å². The molecule has 5 rings (SSSR count). The topological polar surface area (TPSA) is 91.0 Å². The van der Waals surface area contributed by atoms with Crippen LogP contribution in [0.5, 0.6) is 0 Å². The molecule has 0 bridgehead atoms. The quantitative estimate of drug-likeness (QED) is 0.583. The summed E-state index contributed by atoms with van der Waals surface area (Å²) in [5, 5.41) is 16.4. The number of nitrogens with zero attached hydrogens (tertiary/aromatic N) is 4. The number of urea groups is 1. The molecule has 1 aliphatic carbocycles. The van der Waals surface area contributed by atoms with Gasteiger partial charge >= 0.3 is 12.2 Å². The van der Waals surface area contributed by atoms with E-state index in [9.17, 15) is 28.0 Å². The van der Waals surface area contributed by atoms with Crippen molar-refractivity contribution in [2.24, 2.45) is 7.05 Å². The van der Waals surface area contributed by atoms with Gasteiger partial charge in [-0.15, -0.1) is 0 Å². The van der Waals surface area contributed by atoms with Crippen molar-refractivity contribution in [3.8, 4) is 17.2 Å². The first-order valence-corrected chi connectivity index (χ1v) is 10.7. The van der Waals surface area contributed by atoms with E-state index in [-0.39, 0.29) is 24.3 Å². The molecule has 1 N–H and O–H groups in total. The maximum atomic E-state index is 13.3. The van der Waals surface area contributed by atoms with Gasteiger partial charge < -0.3 is 5.32 Å². The minimum Gasteiger partial charge on any atom is -0.326 e. The number of carbonyl (C=O) groups is 2. The smallest absolute Gasteiger partial charge is 0.326 e. The minimum atomic E-state index is -4.57. The molecular weight excluding hydrogens is 459 g/mol. The zero-order chi connectivity index (χ0) is 24.9. The van der Waals surface area contributed by atoms with Crippen LogP contribution in [0.15, 0.2) is 66.1 Å². The summed E-state index contributed by atoms with van der Waals surface area (Å²) < 4.78 is 41.5. The lowest BCUT2D eigenvalue weighted by Crippen LogP contribution is -2.47. The van der Waals surface area contributed by atoms with Gasteiger partial charge in [-0.05, 0) is 47.9 Å². The molecule has 0 spiro atoms. The van der Waals surface area contributed by atoms with Gasteiger partial charge in [-0.25, -0.2) is 4.79 Å². The molecule has 0 saturated heterocycles. The lowest BCUT2D eigenvalue weighted by Gasteiger charge is -2.35. The van der Waals surface area contributed by atoms with Gasteiger partial charge in [0.05, 0.1) is 35.1 Å². The van der Waals surface area contributed by atoms with Crippen LogP contribution in [0.4, 0.5) is 23.7 Å². The van der Waals surface area contributed by atoms with Crippen LogP contribution in [0.1, 0.15) is 35.6 Å². The molecule has 2 aliphatic rings. The molecular formula is C25H18F3N5O2. The van der Waals surface area contributed by atoms with Crippen molar-refractivity contribution in [3.63, 3.8) is 0 Å². The number of Topliss-reactive ketones (excluding diaryl/α,β-unsaturated/α-hetero) is 1. The number of hydrogen-bond acceptors (Lipinski definition) is 4. The molecule has 1 atom stereocenters. The van der Waals surface area contributed by atoms with Crippen LogP contribution in [0.25, 0.3) is 11.1 Å². The number of nitriles is 1. The number of aryl methyl sites for hydroxylation is 1. The average molecular weight is 477 g/mol. The maximum Gasteiger partial charge on any atom is 0.416 e. The number of carbonyl (C=O) groups excluding carboxylic acids is 2. The van der Waals surface area contributed by atoms with Crippen LogP contribution in [0.2, 0.25) is 0 Å². The zero-order valence-corrected chi connectivity index (χ0v) is 18.4. The summed E-state index contributed by atoms with van der Waals surface area (Å²) in [6.07, 6.45) is -0.831. The first-order chi connectivity index (χ1) is 16.7. The van der Waals surface area contributed by atoms with Gasteiger partial charge in [0.25, 0.3) is 0 Å². The van der Waals surface area contributed by atoms with Gasteiger partial charge in [-0.1, -0.05) is 12.1 Å². The molecule has 0 fully saturated rings. The van der Waals surface area contributed by atoms with E-state index in [0.29, 0.717) is 33.5 Å². The Balaban J connectivity index is 1.66. The maximum absolute atomic E-state index is 13.3. The number of benzene rings is 2. The van der Waals surface area contributed by atoms with E-state index in [2.05, 4.69) is 16.5 Å². The third kappa shape index (κ3) is 3.85. The molecule has 0 radical (unpaired) electrons. The van der Waals surface area contributed by atoms with Gasteiger partial charge in [0.15, 0.2) is 5.78 Å². The number of halogens is 3. The van der Waals surface area contributed by atoms with Crippen LogP contribution in [-0.2, 0) is 18.0 Å². The van der Waals surface area contributed by atoms with E-state index in [4.69, 9.17) is 0 Å². The van der Waals surface area contributed by atoms with E-state index in [1.165, 1.54) is 12.1 Å². The molecule has 1 aromatic heterocycles. The summed E-state index contributed by atoms with van der Waals surface area (Å²) >= 11 is 0. The predicted octanol–water partition coefficient (Wildman–Crippen LogP) is 4.87. The van der Waals surface area contributed by atoms with Crippen LogP contribution in [0, 0.1) is 11.3 Å². The summed E-state index contributed by atoms with van der Waals surface area (Å²) in [5.74, 6) is -0.191. The Hall–Kier alpha value is -4.39. The Morgan fingerprint density at radius 2 is 1.94 bits per heavy atom. The largest absolute Gasteiger partial charge is 0.416 e. The molecule has 176 valence electrons. The summed E-state index contributed by atoms with van der Waals surface area (Å²) in [6.45, 7) is 0. The van der Waals surface area contributed by atoms with Gasteiger partial charge in [-0.2, -0.15) is 23.5 Å². The van der Waals surface area contributed by atoms with Crippen LogP contribution < -0.4 is 10.2 Å². The highest BCUT2D eigenvalue weighted by Crippen LogP contribution is 2.43. The van der Waals surface area contributed by atoms with Crippen molar-refractivity contribution in [2.45, 2.75) is 25.1 Å². The average Bonchev–Trinajstić information content (AvgIpc) is 3.43. The molecule has 2 amide bonds. The van der Waals surface area contributed by atoms with Crippen LogP contribution in [0.3, 0.4) is 0 Å². The van der Waals surface area contributed by atoms with Crippen molar-refractivity contribution >= 4 is 17.5 Å². The van der Waals surface area contributed by atoms with Crippen molar-refractivity contribution < 1.29 is 22.8 Å². The second-order valence-electron chi connectivity index (χ2n) is 8.37. The van der Waals surface area contributed by atoms with Crippen molar-refractivity contribution in [1.82, 2.24) is 15.1 Å². The molecule has 3 aromatic rings. The highest BCUT2D eigenvalue weighted by atomic mass is 19.4. The molecule has 1 aliphatic heterocycles. The molecule has 7 nitrogen and oxygen atoms in total. The Bertz CT molecular complexity index is 1450. The number of hydrogen-bond donors (Lipinski definition) is 1. The number of nitrogens with one attached hydrogen (secondary N) is 1. The Labute approximate surface area is 198 Å². The summed E-state index contributed by atoms with van der Waals surface area (Å²) in [7, 11) is 1.74. The highest BCUT2D eigenvalue weighted by Gasteiger charge is 2.42. The Morgan fingerprint density at radius 1 is 1.14 bits per heavy atom. The number of allylic oxidation sites excluding steroid dienone is 1. The Kier molecular flexibility index (Phi) is 5.20. The number of ketones is 1. The number of aromatic nitrogens is 2. The van der Waals surface area contributed by atoms with Gasteiger partial charge in [-0.3, -0.25) is 14.4 Å². The van der Waals surface area contributed by atoms with E-state index in [1.807, 2.05) is 0 Å². The van der Waals surface area contributed by atoms with E-state index < -0.39 is 23.8 Å². The molecule has 2 heterocycles. The van der Waals surface area contributed by atoms with Gasteiger partial charge in [0.1, 0.15) is 0 Å². The molecule has 35 heavy (non-hydrogen) atoms. The number of amides is 2. The standard InChI is InChI=1S/C25H18F3N5O2/c1-32-13-15(12-30-32)19-9-14(11-29)5-6-18(19)23-22-20(7-8-21(22)34)33(24(35)31-23)17-4-2-3-16(10-17)25(26,27)28/h2-6,9-10,12-13,23H,7-8H2,1H3,(H,31,35). The van der Waals surface area contributed by atoms with E-state index in [0.717, 1.165) is 17.0 Å². The van der Waals surface area contributed by atoms with Crippen LogP contribution >= 0.6 is 0 Å². The zero-order valence-electron chi connectivity index (χ0n) is 18.4. The summed E-state index contributed by atoms with van der Waals surface area (Å²) in [5.41, 5.74) is 2.17. The molecule has 10 heteroatoms. The normalized spacial score (nSPS) is 17.9. The SMILES string of the molecule is Cn1cc(-c2cc(C#N)ccc2C2NC(=O)N(c3cccc(C(F)(F)F)c3)C3=C2C(=O)CC3)cn1. The minimum absolute atomic E-state index is 0.0327. The summed E-state index contributed by atoms with van der Waals surface area (Å²) in [6, 6.07) is 10.0. The molecule has 2 aromatic carbocycles. The van der Waals surface area contributed by atoms with Crippen molar-refractivity contribution in [3.05, 3.63) is 82.8 Å². The lowest BCUT2D eigenvalue weighted by molar-refractivity contribution is -0.137. The summed E-state index contributed by atoms with van der Waals surface area (Å²) in [4.78, 5) is 27.4. The Morgan fingerprint density at radius 3 is 2.63 bits per heavy atom. The third-order valence-electron chi connectivity index (χ3n) is 6.17. The fourth-order valence-corrected chi connectivity index (χ4v) is 4.62. The monoisotopic (exact) mass is 477 g/mol. The number of anilines is 1. The predicted molar refractivity (Wildman–Crippen MR) is 120 cm³/mol. The lowest BCUT2D eigenvalue weighted by atomic mass is 9.88. The van der Waals surface area contributed by atoms with E-state index >= 15 is 0 Å². The second kappa shape index (κ2) is 8.13. The van der Waals surface area contributed by atoms with Gasteiger partial charge in [0.2, 0.25) is 0 Å². The third-order valence-corrected chi connectivity index (χ3v) is 6.17. The molecule has 0 saturated carbocycles. The number of rotatable bonds is 3. The van der Waals surface area contributed by atoms with Crippen LogP contribution in [-0.4, -0.2) is 21.6 Å². The number of alkyl halides is 3. The van der Waals surface area contributed by atoms with Crippen molar-refractivity contribution in [2.75, 3.05) is 4.90 Å². The first kappa shape index (κ1) is 22.4. The second-order valence-corrected chi connectivity index (χ2v) is 8.37. The fourth-order valence-electron chi connectivity index (χ4n) is 4.62. The fraction of sp³-hybridized carbons (Fsp3) is 0.200. The highest BCUT2D eigenvalue weighted by molar-refractivity contribution is 6.08. The van der Waals surface area contributed by atoms with Crippen molar-refractivity contribution in [1.29, 1.82) is 5.26 Å². The first-order valence-electron chi connectivity index (χ1n) is 10.7.